The zero-order valence-electron chi connectivity index (χ0n) is 12.0. The van der Waals surface area contributed by atoms with Crippen molar-refractivity contribution in [2.24, 2.45) is 0 Å². The molecule has 0 saturated carbocycles. The maximum Gasteiger partial charge on any atom is 0.353 e. The largest absolute Gasteiger partial charge is 0.364 e. The summed E-state index contributed by atoms with van der Waals surface area (Å²) in [5, 5.41) is 16.8. The van der Waals surface area contributed by atoms with Gasteiger partial charge >= 0.3 is 5.69 Å². The molecule has 10 heteroatoms. The number of rotatable bonds is 9. The minimum absolute atomic E-state index is 0.0137. The lowest BCUT2D eigenvalue weighted by molar-refractivity contribution is -0.383. The summed E-state index contributed by atoms with van der Waals surface area (Å²) in [4.78, 5) is 18.3. The van der Waals surface area contributed by atoms with Gasteiger partial charge in [-0.3, -0.25) is 10.1 Å². The molecule has 9 nitrogen and oxygen atoms in total. The first-order chi connectivity index (χ1) is 9.85. The van der Waals surface area contributed by atoms with Gasteiger partial charge in [0.15, 0.2) is 0 Å². The second-order valence-electron chi connectivity index (χ2n) is 4.51. The van der Waals surface area contributed by atoms with Gasteiger partial charge in [0.25, 0.3) is 0 Å². The average Bonchev–Trinajstić information content (AvgIpc) is 2.40. The van der Waals surface area contributed by atoms with Crippen LogP contribution < -0.4 is 10.6 Å². The van der Waals surface area contributed by atoms with Gasteiger partial charge in [0.05, 0.1) is 10.7 Å². The molecule has 0 spiro atoms. The normalized spacial score (nSPS) is 11.1. The van der Waals surface area contributed by atoms with Crippen LogP contribution in [0.5, 0.6) is 0 Å². The lowest BCUT2D eigenvalue weighted by atomic mass is 10.4. The zero-order valence-corrected chi connectivity index (χ0v) is 12.8. The number of sulfone groups is 1. The van der Waals surface area contributed by atoms with Crippen molar-refractivity contribution in [3.63, 3.8) is 0 Å². The Morgan fingerprint density at radius 2 is 1.81 bits per heavy atom. The smallest absolute Gasteiger partial charge is 0.353 e. The van der Waals surface area contributed by atoms with Crippen LogP contribution in [-0.2, 0) is 9.84 Å². The van der Waals surface area contributed by atoms with Crippen LogP contribution >= 0.6 is 0 Å². The van der Waals surface area contributed by atoms with E-state index in [1.54, 1.807) is 0 Å². The second-order valence-corrected chi connectivity index (χ2v) is 6.77. The Hall–Kier alpha value is -1.97. The zero-order chi connectivity index (χ0) is 15.9. The van der Waals surface area contributed by atoms with Crippen LogP contribution in [0.15, 0.2) is 6.33 Å². The summed E-state index contributed by atoms with van der Waals surface area (Å²) in [5.41, 5.74) is -0.231. The van der Waals surface area contributed by atoms with Crippen molar-refractivity contribution in [2.75, 3.05) is 35.7 Å². The van der Waals surface area contributed by atoms with Crippen molar-refractivity contribution in [1.82, 2.24) is 9.97 Å². The van der Waals surface area contributed by atoms with Crippen molar-refractivity contribution >= 4 is 27.2 Å². The van der Waals surface area contributed by atoms with E-state index in [0.29, 0.717) is 13.0 Å². The number of aromatic nitrogens is 2. The van der Waals surface area contributed by atoms with Crippen molar-refractivity contribution in [2.45, 2.75) is 19.8 Å². The van der Waals surface area contributed by atoms with Crippen LogP contribution in [0.1, 0.15) is 19.8 Å². The summed E-state index contributed by atoms with van der Waals surface area (Å²) in [6.45, 7) is 2.77. The van der Waals surface area contributed by atoms with Gasteiger partial charge in [-0.15, -0.1) is 0 Å². The van der Waals surface area contributed by atoms with E-state index in [2.05, 4.69) is 20.6 Å². The molecule has 0 aliphatic carbocycles. The lowest BCUT2D eigenvalue weighted by Crippen LogP contribution is -2.13. The predicted molar refractivity (Wildman–Crippen MR) is 80.3 cm³/mol. The van der Waals surface area contributed by atoms with Crippen molar-refractivity contribution in [3.8, 4) is 0 Å². The van der Waals surface area contributed by atoms with Crippen LogP contribution in [0, 0.1) is 10.1 Å². The Labute approximate surface area is 123 Å². The third-order valence-corrected chi connectivity index (χ3v) is 3.56. The van der Waals surface area contributed by atoms with Gasteiger partial charge in [-0.2, -0.15) is 0 Å². The summed E-state index contributed by atoms with van der Waals surface area (Å²) in [7, 11) is -3.04. The van der Waals surface area contributed by atoms with E-state index < -0.39 is 14.8 Å². The molecule has 0 radical (unpaired) electrons. The van der Waals surface area contributed by atoms with E-state index in [1.165, 1.54) is 6.33 Å². The standard InChI is InChI=1S/C11H19N5O4S/c1-3-5-12-10-9(16(17)18)11(15-8-14-10)13-6-4-7-21(2,19)20/h8H,3-7H2,1-2H3,(H2,12,13,14,15). The number of hydrogen-bond donors (Lipinski definition) is 2. The fourth-order valence-electron chi connectivity index (χ4n) is 1.59. The number of nitrogens with one attached hydrogen (secondary N) is 2. The Morgan fingerprint density at radius 3 is 2.29 bits per heavy atom. The molecular formula is C11H19N5O4S. The first kappa shape index (κ1) is 17.1. The van der Waals surface area contributed by atoms with Gasteiger partial charge in [0.1, 0.15) is 16.2 Å². The fourth-order valence-corrected chi connectivity index (χ4v) is 2.26. The van der Waals surface area contributed by atoms with Crippen LogP contribution in [-0.4, -0.2) is 48.4 Å². The molecule has 2 N–H and O–H groups in total. The van der Waals surface area contributed by atoms with Gasteiger partial charge in [-0.25, -0.2) is 18.4 Å². The summed E-state index contributed by atoms with van der Waals surface area (Å²) >= 11 is 0. The lowest BCUT2D eigenvalue weighted by Gasteiger charge is -2.09. The second kappa shape index (κ2) is 7.72. The number of hydrogen-bond acceptors (Lipinski definition) is 8. The molecule has 0 atom stereocenters. The molecule has 0 aliphatic heterocycles. The van der Waals surface area contributed by atoms with Crippen LogP contribution in [0.25, 0.3) is 0 Å². The van der Waals surface area contributed by atoms with E-state index in [0.717, 1.165) is 12.7 Å². The maximum atomic E-state index is 11.1. The topological polar surface area (TPSA) is 127 Å². The highest BCUT2D eigenvalue weighted by atomic mass is 32.2. The minimum atomic E-state index is -3.04. The van der Waals surface area contributed by atoms with Gasteiger partial charge in [0, 0.05) is 19.3 Å². The Bertz CT molecular complexity index is 590. The first-order valence-corrected chi connectivity index (χ1v) is 8.56. The molecule has 1 heterocycles. The molecule has 0 unspecified atom stereocenters. The van der Waals surface area contributed by atoms with Gasteiger partial charge < -0.3 is 10.6 Å². The first-order valence-electron chi connectivity index (χ1n) is 6.50. The Balaban J connectivity index is 2.79. The molecular weight excluding hydrogens is 298 g/mol. The van der Waals surface area contributed by atoms with Crippen LogP contribution in [0.2, 0.25) is 0 Å². The van der Waals surface area contributed by atoms with Gasteiger partial charge in [0.2, 0.25) is 11.6 Å². The molecule has 118 valence electrons. The summed E-state index contributed by atoms with van der Waals surface area (Å²) in [6.07, 6.45) is 3.52. The quantitative estimate of drug-likeness (QED) is 0.393. The van der Waals surface area contributed by atoms with E-state index in [-0.39, 0.29) is 29.6 Å². The van der Waals surface area contributed by atoms with Gasteiger partial charge in [-0.1, -0.05) is 6.92 Å². The fraction of sp³-hybridized carbons (Fsp3) is 0.636. The molecule has 0 amide bonds. The molecule has 21 heavy (non-hydrogen) atoms. The Kier molecular flexibility index (Phi) is 6.28. The molecule has 0 aromatic carbocycles. The van der Waals surface area contributed by atoms with E-state index in [1.807, 2.05) is 6.92 Å². The molecule has 0 fully saturated rings. The average molecular weight is 317 g/mol. The highest BCUT2D eigenvalue weighted by Gasteiger charge is 2.22. The number of nitro groups is 1. The summed E-state index contributed by atoms with van der Waals surface area (Å²) in [6, 6.07) is 0. The highest BCUT2D eigenvalue weighted by Crippen LogP contribution is 2.28. The monoisotopic (exact) mass is 317 g/mol. The van der Waals surface area contributed by atoms with Crippen LogP contribution in [0.4, 0.5) is 17.3 Å². The minimum Gasteiger partial charge on any atom is -0.364 e. The summed E-state index contributed by atoms with van der Waals surface area (Å²) < 4.78 is 22.0. The predicted octanol–water partition coefficient (Wildman–Crippen LogP) is 1.05. The molecule has 1 aromatic heterocycles. The number of anilines is 2. The van der Waals surface area contributed by atoms with Crippen molar-refractivity contribution in [3.05, 3.63) is 16.4 Å². The Morgan fingerprint density at radius 1 is 1.24 bits per heavy atom. The van der Waals surface area contributed by atoms with Gasteiger partial charge in [-0.05, 0) is 12.8 Å². The van der Waals surface area contributed by atoms with E-state index in [9.17, 15) is 18.5 Å². The third-order valence-electron chi connectivity index (χ3n) is 2.53. The highest BCUT2D eigenvalue weighted by molar-refractivity contribution is 7.90. The van der Waals surface area contributed by atoms with E-state index >= 15 is 0 Å². The number of nitrogens with zero attached hydrogens (tertiary/aromatic N) is 3. The molecule has 0 bridgehead atoms. The summed E-state index contributed by atoms with van der Waals surface area (Å²) in [5.74, 6) is 0.254. The molecule has 1 rings (SSSR count). The maximum absolute atomic E-state index is 11.1. The van der Waals surface area contributed by atoms with Crippen molar-refractivity contribution in [1.29, 1.82) is 0 Å². The third kappa shape index (κ3) is 5.90. The molecule has 0 saturated heterocycles. The van der Waals surface area contributed by atoms with E-state index in [4.69, 9.17) is 0 Å². The van der Waals surface area contributed by atoms with Crippen molar-refractivity contribution < 1.29 is 13.3 Å². The molecule has 0 aliphatic rings. The SMILES string of the molecule is CCCNc1ncnc(NCCCS(C)(=O)=O)c1[N+](=O)[O-]. The molecule has 1 aromatic rings. The van der Waals surface area contributed by atoms with Crippen LogP contribution in [0.3, 0.4) is 0 Å².